The Morgan fingerprint density at radius 1 is 1.46 bits per heavy atom. The highest BCUT2D eigenvalue weighted by Gasteiger charge is 2.17. The Hall–Kier alpha value is 0.0100. The number of aliphatic hydroxyl groups is 1. The fourth-order valence-electron chi connectivity index (χ4n) is 1.56. The number of thioether (sulfide) groups is 1. The Bertz CT molecular complexity index is 314. The number of halogens is 1. The highest BCUT2D eigenvalue weighted by Crippen LogP contribution is 2.34. The minimum atomic E-state index is -0.275. The van der Waals surface area contributed by atoms with E-state index < -0.39 is 0 Å². The van der Waals surface area contributed by atoms with E-state index >= 15 is 0 Å². The zero-order valence-corrected chi connectivity index (χ0v) is 9.57. The van der Waals surface area contributed by atoms with Gasteiger partial charge in [-0.1, -0.05) is 28.1 Å². The molecule has 0 saturated carbocycles. The van der Waals surface area contributed by atoms with Crippen LogP contribution in [-0.4, -0.2) is 10.9 Å². The highest BCUT2D eigenvalue weighted by atomic mass is 79.9. The number of rotatable bonds is 0. The van der Waals surface area contributed by atoms with Crippen molar-refractivity contribution in [3.8, 4) is 0 Å². The van der Waals surface area contributed by atoms with Crippen molar-refractivity contribution in [2.24, 2.45) is 0 Å². The molecule has 0 radical (unpaired) electrons. The monoisotopic (exact) mass is 258 g/mol. The molecule has 0 saturated heterocycles. The summed E-state index contributed by atoms with van der Waals surface area (Å²) in [7, 11) is 0. The van der Waals surface area contributed by atoms with Gasteiger partial charge in [0.15, 0.2) is 0 Å². The van der Waals surface area contributed by atoms with Crippen molar-refractivity contribution < 1.29 is 5.11 Å². The van der Waals surface area contributed by atoms with Gasteiger partial charge in [0, 0.05) is 10.2 Å². The third kappa shape index (κ3) is 1.92. The summed E-state index contributed by atoms with van der Waals surface area (Å²) >= 11 is 5.41. The van der Waals surface area contributed by atoms with Crippen LogP contribution < -0.4 is 0 Å². The van der Waals surface area contributed by atoms with Gasteiger partial charge < -0.3 is 5.11 Å². The van der Waals surface area contributed by atoms with Crippen LogP contribution >= 0.6 is 27.7 Å². The van der Waals surface area contributed by atoms with E-state index in [4.69, 9.17) is 0 Å². The van der Waals surface area contributed by atoms with E-state index in [0.717, 1.165) is 28.0 Å². The van der Waals surface area contributed by atoms with E-state index in [1.54, 1.807) is 0 Å². The first-order valence-corrected chi connectivity index (χ1v) is 6.27. The van der Waals surface area contributed by atoms with Crippen LogP contribution in [0.1, 0.15) is 23.7 Å². The quantitative estimate of drug-likeness (QED) is 0.772. The molecule has 0 aromatic heterocycles. The number of fused-ring (bicyclic) bond motifs is 1. The Morgan fingerprint density at radius 2 is 2.31 bits per heavy atom. The molecule has 0 fully saturated rings. The molecule has 1 atom stereocenters. The SMILES string of the molecule is OC1CCSCc2c(Br)cccc21. The van der Waals surface area contributed by atoms with Crippen molar-refractivity contribution in [1.82, 2.24) is 0 Å². The molecule has 3 heteroatoms. The summed E-state index contributed by atoms with van der Waals surface area (Å²) < 4.78 is 1.12. The zero-order chi connectivity index (χ0) is 9.26. The molecular formula is C10H11BrOS. The molecular weight excluding hydrogens is 248 g/mol. The summed E-state index contributed by atoms with van der Waals surface area (Å²) in [4.78, 5) is 0. The lowest BCUT2D eigenvalue weighted by molar-refractivity contribution is 0.175. The normalized spacial score (nSPS) is 22.2. The highest BCUT2D eigenvalue weighted by molar-refractivity contribution is 9.10. The molecule has 1 aromatic rings. The van der Waals surface area contributed by atoms with E-state index in [2.05, 4.69) is 15.9 Å². The van der Waals surface area contributed by atoms with Crippen molar-refractivity contribution in [2.75, 3.05) is 5.75 Å². The molecule has 13 heavy (non-hydrogen) atoms. The van der Waals surface area contributed by atoms with E-state index in [0.29, 0.717) is 0 Å². The van der Waals surface area contributed by atoms with Crippen molar-refractivity contribution in [1.29, 1.82) is 0 Å². The van der Waals surface area contributed by atoms with Gasteiger partial charge in [0.25, 0.3) is 0 Å². The Balaban J connectivity index is 2.47. The molecule has 1 aliphatic heterocycles. The van der Waals surface area contributed by atoms with E-state index in [1.807, 2.05) is 30.0 Å². The maximum atomic E-state index is 9.83. The van der Waals surface area contributed by atoms with Gasteiger partial charge in [0.2, 0.25) is 0 Å². The summed E-state index contributed by atoms with van der Waals surface area (Å²) in [5, 5.41) is 9.83. The second-order valence-corrected chi connectivity index (χ2v) is 5.12. The van der Waals surface area contributed by atoms with Crippen LogP contribution in [0, 0.1) is 0 Å². The Kier molecular flexibility index (Phi) is 2.96. The molecule has 1 aliphatic rings. The first kappa shape index (κ1) is 9.56. The fourth-order valence-corrected chi connectivity index (χ4v) is 3.33. The van der Waals surface area contributed by atoms with Crippen LogP contribution in [0.25, 0.3) is 0 Å². The van der Waals surface area contributed by atoms with Gasteiger partial charge in [-0.25, -0.2) is 0 Å². The van der Waals surface area contributed by atoms with E-state index in [1.165, 1.54) is 5.56 Å². The summed E-state index contributed by atoms with van der Waals surface area (Å²) in [6.45, 7) is 0. The van der Waals surface area contributed by atoms with Crippen molar-refractivity contribution >= 4 is 27.7 Å². The molecule has 0 amide bonds. The summed E-state index contributed by atoms with van der Waals surface area (Å²) in [5.41, 5.74) is 2.36. The number of benzene rings is 1. The minimum absolute atomic E-state index is 0.275. The molecule has 1 N–H and O–H groups in total. The second-order valence-electron chi connectivity index (χ2n) is 3.16. The molecule has 0 bridgehead atoms. The molecule has 0 aliphatic carbocycles. The lowest BCUT2D eigenvalue weighted by atomic mass is 10.0. The maximum Gasteiger partial charge on any atom is 0.0801 e. The largest absolute Gasteiger partial charge is 0.388 e. The fraction of sp³-hybridized carbons (Fsp3) is 0.400. The molecule has 70 valence electrons. The average molecular weight is 259 g/mol. The van der Waals surface area contributed by atoms with Crippen LogP contribution in [0.15, 0.2) is 22.7 Å². The summed E-state index contributed by atoms with van der Waals surface area (Å²) in [6, 6.07) is 6.05. The molecule has 1 unspecified atom stereocenters. The van der Waals surface area contributed by atoms with Crippen LogP contribution in [0.2, 0.25) is 0 Å². The zero-order valence-electron chi connectivity index (χ0n) is 7.16. The van der Waals surface area contributed by atoms with E-state index in [-0.39, 0.29) is 6.10 Å². The summed E-state index contributed by atoms with van der Waals surface area (Å²) in [5.74, 6) is 2.05. The molecule has 0 spiro atoms. The smallest absolute Gasteiger partial charge is 0.0801 e. The van der Waals surface area contributed by atoms with Crippen molar-refractivity contribution in [3.63, 3.8) is 0 Å². The Morgan fingerprint density at radius 3 is 3.15 bits per heavy atom. The molecule has 2 rings (SSSR count). The standard InChI is InChI=1S/C10H11BrOS/c11-9-3-1-2-7-8(9)6-13-5-4-10(7)12/h1-3,10,12H,4-6H2. The molecule has 1 heterocycles. The third-order valence-corrected chi connectivity index (χ3v) is 4.06. The van der Waals surface area contributed by atoms with Gasteiger partial charge in [-0.2, -0.15) is 11.8 Å². The lowest BCUT2D eigenvalue weighted by Crippen LogP contribution is -1.99. The van der Waals surface area contributed by atoms with Gasteiger partial charge in [-0.15, -0.1) is 0 Å². The predicted octanol–water partition coefficient (Wildman–Crippen LogP) is 3.12. The average Bonchev–Trinajstić information content (AvgIpc) is 2.30. The van der Waals surface area contributed by atoms with Gasteiger partial charge in [0.05, 0.1) is 6.10 Å². The molecule has 1 nitrogen and oxygen atoms in total. The third-order valence-electron chi connectivity index (χ3n) is 2.30. The topological polar surface area (TPSA) is 20.2 Å². The van der Waals surface area contributed by atoms with Gasteiger partial charge in [-0.05, 0) is 29.4 Å². The van der Waals surface area contributed by atoms with Crippen LogP contribution in [0.3, 0.4) is 0 Å². The van der Waals surface area contributed by atoms with Crippen LogP contribution in [0.5, 0.6) is 0 Å². The number of aliphatic hydroxyl groups excluding tert-OH is 1. The number of hydrogen-bond acceptors (Lipinski definition) is 2. The predicted molar refractivity (Wildman–Crippen MR) is 59.9 cm³/mol. The first-order valence-electron chi connectivity index (χ1n) is 4.32. The molecule has 1 aromatic carbocycles. The van der Waals surface area contributed by atoms with Gasteiger partial charge in [-0.3, -0.25) is 0 Å². The lowest BCUT2D eigenvalue weighted by Gasteiger charge is -2.11. The maximum absolute atomic E-state index is 9.83. The first-order chi connectivity index (χ1) is 6.29. The summed E-state index contributed by atoms with van der Waals surface area (Å²) in [6.07, 6.45) is 0.594. The second kappa shape index (κ2) is 4.03. The van der Waals surface area contributed by atoms with Gasteiger partial charge >= 0.3 is 0 Å². The van der Waals surface area contributed by atoms with E-state index in [9.17, 15) is 5.11 Å². The van der Waals surface area contributed by atoms with Crippen molar-refractivity contribution in [3.05, 3.63) is 33.8 Å². The minimum Gasteiger partial charge on any atom is -0.388 e. The van der Waals surface area contributed by atoms with Crippen LogP contribution in [-0.2, 0) is 5.75 Å². The van der Waals surface area contributed by atoms with Crippen LogP contribution in [0.4, 0.5) is 0 Å². The Labute approximate surface area is 90.7 Å². The van der Waals surface area contributed by atoms with Crippen molar-refractivity contribution in [2.45, 2.75) is 18.3 Å². The number of hydrogen-bond donors (Lipinski definition) is 1. The van der Waals surface area contributed by atoms with Gasteiger partial charge in [0.1, 0.15) is 0 Å².